The zero-order valence-corrected chi connectivity index (χ0v) is 8.06. The van der Waals surface area contributed by atoms with E-state index in [1.807, 2.05) is 0 Å². The molecule has 16 heavy (non-hydrogen) atoms. The maximum Gasteiger partial charge on any atom is 0.417 e. The van der Waals surface area contributed by atoms with Gasteiger partial charge in [0.2, 0.25) is 0 Å². The Balaban J connectivity index is 3.55. The summed E-state index contributed by atoms with van der Waals surface area (Å²) in [6.07, 6.45) is -4.77. The smallest absolute Gasteiger partial charge is 0.298 e. The fraction of sp³-hybridized carbons (Fsp3) is 0.200. The van der Waals surface area contributed by atoms with Crippen molar-refractivity contribution in [3.63, 3.8) is 0 Å². The van der Waals surface area contributed by atoms with E-state index in [0.717, 1.165) is 6.92 Å². The first-order valence-corrected chi connectivity index (χ1v) is 4.14. The quantitative estimate of drug-likeness (QED) is 0.448. The number of halogens is 4. The van der Waals surface area contributed by atoms with E-state index in [0.29, 0.717) is 6.07 Å². The number of hydrogen-bond acceptors (Lipinski definition) is 2. The molecule has 1 rings (SSSR count). The lowest BCUT2D eigenvalue weighted by molar-refractivity contribution is -0.138. The van der Waals surface area contributed by atoms with E-state index >= 15 is 0 Å². The first-order valence-electron chi connectivity index (χ1n) is 4.14. The molecule has 0 aliphatic carbocycles. The van der Waals surface area contributed by atoms with Crippen LogP contribution in [0.1, 0.15) is 33.2 Å². The van der Waals surface area contributed by atoms with Crippen LogP contribution in [-0.2, 0) is 6.18 Å². The van der Waals surface area contributed by atoms with Crippen molar-refractivity contribution in [3.05, 3.63) is 34.6 Å². The molecule has 1 aromatic rings. The second-order valence-corrected chi connectivity index (χ2v) is 3.09. The van der Waals surface area contributed by atoms with Crippen LogP contribution in [0, 0.1) is 5.82 Å². The second kappa shape index (κ2) is 4.03. The van der Waals surface area contributed by atoms with Crippen LogP contribution in [0.15, 0.2) is 12.1 Å². The van der Waals surface area contributed by atoms with Gasteiger partial charge in [-0.1, -0.05) is 0 Å². The van der Waals surface area contributed by atoms with Crippen molar-refractivity contribution in [2.75, 3.05) is 0 Å². The summed E-state index contributed by atoms with van der Waals surface area (Å²) in [7, 11) is 0. The summed E-state index contributed by atoms with van der Waals surface area (Å²) in [6.45, 7) is 0.914. The van der Waals surface area contributed by atoms with Gasteiger partial charge in [0.25, 0.3) is 0 Å². The SMILES string of the molecule is CC(=O)c1cc(C=O)c(F)cc1C(F)(F)F. The average molecular weight is 234 g/mol. The number of hydrogen-bond donors (Lipinski definition) is 0. The van der Waals surface area contributed by atoms with Crippen LogP contribution in [0.5, 0.6) is 0 Å². The van der Waals surface area contributed by atoms with Crippen molar-refractivity contribution in [2.45, 2.75) is 13.1 Å². The van der Waals surface area contributed by atoms with Gasteiger partial charge in [0.15, 0.2) is 12.1 Å². The van der Waals surface area contributed by atoms with Gasteiger partial charge in [-0.2, -0.15) is 13.2 Å². The first kappa shape index (κ1) is 12.4. The van der Waals surface area contributed by atoms with Crippen LogP contribution in [0.4, 0.5) is 17.6 Å². The number of benzene rings is 1. The number of ketones is 1. The maximum absolute atomic E-state index is 13.0. The van der Waals surface area contributed by atoms with E-state index < -0.39 is 34.5 Å². The van der Waals surface area contributed by atoms with E-state index in [4.69, 9.17) is 0 Å². The van der Waals surface area contributed by atoms with E-state index in [1.54, 1.807) is 0 Å². The third-order valence-corrected chi connectivity index (χ3v) is 1.95. The van der Waals surface area contributed by atoms with Crippen molar-refractivity contribution in [1.29, 1.82) is 0 Å². The maximum atomic E-state index is 13.0. The van der Waals surface area contributed by atoms with Crippen molar-refractivity contribution in [1.82, 2.24) is 0 Å². The van der Waals surface area contributed by atoms with Crippen molar-refractivity contribution < 1.29 is 27.2 Å². The van der Waals surface area contributed by atoms with Crippen molar-refractivity contribution in [2.24, 2.45) is 0 Å². The lowest BCUT2D eigenvalue weighted by atomic mass is 10.0. The van der Waals surface area contributed by atoms with Crippen LogP contribution >= 0.6 is 0 Å². The molecule has 86 valence electrons. The van der Waals surface area contributed by atoms with E-state index in [-0.39, 0.29) is 12.4 Å². The molecule has 6 heteroatoms. The predicted molar refractivity (Wildman–Crippen MR) is 46.8 cm³/mol. The highest BCUT2D eigenvalue weighted by Crippen LogP contribution is 2.33. The molecule has 2 nitrogen and oxygen atoms in total. The molecule has 0 saturated carbocycles. The van der Waals surface area contributed by atoms with Gasteiger partial charge >= 0.3 is 6.18 Å². The van der Waals surface area contributed by atoms with Gasteiger partial charge in [0, 0.05) is 5.56 Å². The molecule has 0 atom stereocenters. The lowest BCUT2D eigenvalue weighted by Crippen LogP contribution is -2.13. The highest BCUT2D eigenvalue weighted by Gasteiger charge is 2.35. The molecule has 0 spiro atoms. The highest BCUT2D eigenvalue weighted by molar-refractivity contribution is 5.97. The van der Waals surface area contributed by atoms with Crippen LogP contribution < -0.4 is 0 Å². The van der Waals surface area contributed by atoms with Gasteiger partial charge in [-0.3, -0.25) is 9.59 Å². The molecular weight excluding hydrogens is 228 g/mol. The molecule has 0 aromatic heterocycles. The zero-order valence-electron chi connectivity index (χ0n) is 8.06. The Bertz CT molecular complexity index is 449. The van der Waals surface area contributed by atoms with Crippen molar-refractivity contribution >= 4 is 12.1 Å². The Morgan fingerprint density at radius 1 is 1.31 bits per heavy atom. The summed E-state index contributed by atoms with van der Waals surface area (Å²) in [5, 5.41) is 0. The Morgan fingerprint density at radius 2 is 1.88 bits per heavy atom. The Labute approximate surface area is 87.9 Å². The van der Waals surface area contributed by atoms with E-state index in [2.05, 4.69) is 0 Å². The van der Waals surface area contributed by atoms with Gasteiger partial charge in [-0.05, 0) is 19.1 Å². The minimum Gasteiger partial charge on any atom is -0.298 e. The zero-order chi connectivity index (χ0) is 12.5. The number of alkyl halides is 3. The molecule has 1 aromatic carbocycles. The highest BCUT2D eigenvalue weighted by atomic mass is 19.4. The van der Waals surface area contributed by atoms with E-state index in [9.17, 15) is 27.2 Å². The van der Waals surface area contributed by atoms with E-state index in [1.165, 1.54) is 0 Å². The molecule has 0 fully saturated rings. The molecule has 0 aliphatic heterocycles. The fourth-order valence-electron chi connectivity index (χ4n) is 1.21. The van der Waals surface area contributed by atoms with Gasteiger partial charge in [0.1, 0.15) is 5.82 Å². The van der Waals surface area contributed by atoms with Crippen LogP contribution in [0.3, 0.4) is 0 Å². The summed E-state index contributed by atoms with van der Waals surface area (Å²) in [5.74, 6) is -2.18. The van der Waals surface area contributed by atoms with Gasteiger partial charge in [0.05, 0.1) is 11.1 Å². The molecule has 0 unspecified atom stereocenters. The summed E-state index contributed by atoms with van der Waals surface area (Å²) in [6, 6.07) is 0.758. The average Bonchev–Trinajstić information content (AvgIpc) is 2.15. The minimum atomic E-state index is -4.83. The molecule has 0 heterocycles. The minimum absolute atomic E-state index is 0.0575. The van der Waals surface area contributed by atoms with Crippen LogP contribution in [0.2, 0.25) is 0 Å². The number of carbonyl (C=O) groups excluding carboxylic acids is 2. The summed E-state index contributed by atoms with van der Waals surface area (Å²) in [4.78, 5) is 21.3. The fourth-order valence-corrected chi connectivity index (χ4v) is 1.21. The van der Waals surface area contributed by atoms with Gasteiger partial charge in [-0.15, -0.1) is 0 Å². The topological polar surface area (TPSA) is 34.1 Å². The number of carbonyl (C=O) groups is 2. The monoisotopic (exact) mass is 234 g/mol. The largest absolute Gasteiger partial charge is 0.417 e. The van der Waals surface area contributed by atoms with Gasteiger partial charge in [-0.25, -0.2) is 4.39 Å². The standard InChI is InChI=1S/C10H6F4O2/c1-5(16)7-2-6(4-15)9(11)3-8(7)10(12,13)14/h2-4H,1H3. The third-order valence-electron chi connectivity index (χ3n) is 1.95. The molecule has 0 N–H and O–H groups in total. The lowest BCUT2D eigenvalue weighted by Gasteiger charge is -2.11. The number of rotatable bonds is 2. The van der Waals surface area contributed by atoms with Crippen LogP contribution in [0.25, 0.3) is 0 Å². The Morgan fingerprint density at radius 3 is 2.25 bits per heavy atom. The first-order chi connectivity index (χ1) is 7.27. The summed E-state index contributed by atoms with van der Waals surface area (Å²) >= 11 is 0. The van der Waals surface area contributed by atoms with Crippen molar-refractivity contribution in [3.8, 4) is 0 Å². The molecule has 0 saturated heterocycles. The normalized spacial score (nSPS) is 11.3. The van der Waals surface area contributed by atoms with Gasteiger partial charge < -0.3 is 0 Å². The number of aldehydes is 1. The molecular formula is C10H6F4O2. The number of Topliss-reactive ketones (excluding diaryl/α,β-unsaturated/α-hetero) is 1. The Kier molecular flexibility index (Phi) is 3.11. The summed E-state index contributed by atoms with van der Waals surface area (Å²) < 4.78 is 50.2. The molecule has 0 aliphatic rings. The predicted octanol–water partition coefficient (Wildman–Crippen LogP) is 2.86. The molecule has 0 radical (unpaired) electrons. The summed E-state index contributed by atoms with van der Waals surface area (Å²) in [5.41, 5.74) is -2.66. The molecule has 0 amide bonds. The van der Waals surface area contributed by atoms with Crippen LogP contribution in [-0.4, -0.2) is 12.1 Å². The second-order valence-electron chi connectivity index (χ2n) is 3.09. The Hall–Kier alpha value is -1.72. The molecule has 0 bridgehead atoms. The third kappa shape index (κ3) is 2.26.